The third-order valence-electron chi connectivity index (χ3n) is 2.90. The molecule has 1 aromatic rings. The minimum atomic E-state index is 0.574. The molecule has 0 unspecified atom stereocenters. The van der Waals surface area contributed by atoms with Crippen LogP contribution in [0.3, 0.4) is 0 Å². The second-order valence-electron chi connectivity index (χ2n) is 4.63. The molecule has 0 amide bonds. The maximum absolute atomic E-state index is 4.28. The van der Waals surface area contributed by atoms with Crippen LogP contribution in [0, 0.1) is 0 Å². The number of anilines is 1. The maximum Gasteiger partial charge on any atom is 0.225 e. The van der Waals surface area contributed by atoms with Gasteiger partial charge < -0.3 is 10.2 Å². The number of hydrogen-bond acceptors (Lipinski definition) is 4. The van der Waals surface area contributed by atoms with E-state index in [2.05, 4.69) is 34.0 Å². The van der Waals surface area contributed by atoms with Gasteiger partial charge in [0.25, 0.3) is 0 Å². The lowest BCUT2D eigenvalue weighted by molar-refractivity contribution is 0.385. The fraction of sp³-hybridized carbons (Fsp3) is 0.667. The summed E-state index contributed by atoms with van der Waals surface area (Å²) in [6, 6.07) is 3.08. The van der Waals surface area contributed by atoms with Crippen LogP contribution in [0.1, 0.15) is 26.7 Å². The zero-order chi connectivity index (χ0) is 11.4. The van der Waals surface area contributed by atoms with E-state index in [1.165, 1.54) is 12.8 Å². The molecule has 0 bridgehead atoms. The summed E-state index contributed by atoms with van der Waals surface area (Å²) in [7, 11) is 0. The highest BCUT2D eigenvalue weighted by atomic mass is 15.3. The quantitative estimate of drug-likeness (QED) is 0.837. The highest BCUT2D eigenvalue weighted by Crippen LogP contribution is 2.15. The number of aromatic nitrogens is 2. The largest absolute Gasteiger partial charge is 0.341 e. The van der Waals surface area contributed by atoms with E-state index in [9.17, 15) is 0 Å². The summed E-state index contributed by atoms with van der Waals surface area (Å²) in [5.74, 6) is 0.866. The van der Waals surface area contributed by atoms with E-state index in [1.54, 1.807) is 12.4 Å². The molecular formula is C12H20N4. The summed E-state index contributed by atoms with van der Waals surface area (Å²) in [5, 5.41) is 3.59. The van der Waals surface area contributed by atoms with Crippen molar-refractivity contribution in [3.05, 3.63) is 18.5 Å². The molecule has 0 spiro atoms. The van der Waals surface area contributed by atoms with E-state index in [4.69, 9.17) is 0 Å². The maximum atomic E-state index is 4.28. The Hall–Kier alpha value is -1.16. The molecule has 0 atom stereocenters. The third-order valence-corrected chi connectivity index (χ3v) is 2.90. The van der Waals surface area contributed by atoms with Gasteiger partial charge in [-0.15, -0.1) is 0 Å². The van der Waals surface area contributed by atoms with Crippen molar-refractivity contribution < 1.29 is 0 Å². The Morgan fingerprint density at radius 2 is 1.88 bits per heavy atom. The first-order valence-electron chi connectivity index (χ1n) is 6.03. The summed E-state index contributed by atoms with van der Waals surface area (Å²) in [4.78, 5) is 10.8. The van der Waals surface area contributed by atoms with Crippen LogP contribution < -0.4 is 10.2 Å². The number of rotatable bonds is 3. The lowest BCUT2D eigenvalue weighted by Gasteiger charge is -2.33. The standard InChI is InChI=1S/C12H20N4/c1-10(2)15-11-4-8-16(9-5-11)12-13-6-3-7-14-12/h3,6-7,10-11,15H,4-5,8-9H2,1-2H3. The number of nitrogens with one attached hydrogen (secondary N) is 1. The van der Waals surface area contributed by atoms with Crippen molar-refractivity contribution in [1.29, 1.82) is 0 Å². The monoisotopic (exact) mass is 220 g/mol. The lowest BCUT2D eigenvalue weighted by atomic mass is 10.0. The van der Waals surface area contributed by atoms with Crippen molar-refractivity contribution in [2.45, 2.75) is 38.8 Å². The first kappa shape index (κ1) is 11.3. The molecule has 4 heteroatoms. The second kappa shape index (κ2) is 5.25. The van der Waals surface area contributed by atoms with E-state index in [1.807, 2.05) is 6.07 Å². The van der Waals surface area contributed by atoms with Gasteiger partial charge in [0.05, 0.1) is 0 Å². The van der Waals surface area contributed by atoms with Crippen LogP contribution in [-0.4, -0.2) is 35.1 Å². The predicted octanol–water partition coefficient (Wildman–Crippen LogP) is 1.44. The van der Waals surface area contributed by atoms with Crippen molar-refractivity contribution in [2.24, 2.45) is 0 Å². The summed E-state index contributed by atoms with van der Waals surface area (Å²) in [6.45, 7) is 6.50. The van der Waals surface area contributed by atoms with Crippen LogP contribution in [-0.2, 0) is 0 Å². The van der Waals surface area contributed by atoms with E-state index in [-0.39, 0.29) is 0 Å². The molecule has 2 rings (SSSR count). The molecule has 1 aromatic heterocycles. The molecule has 1 fully saturated rings. The van der Waals surface area contributed by atoms with Crippen LogP contribution in [0.5, 0.6) is 0 Å². The molecule has 16 heavy (non-hydrogen) atoms. The molecule has 1 saturated heterocycles. The number of hydrogen-bond donors (Lipinski definition) is 1. The van der Waals surface area contributed by atoms with E-state index in [0.717, 1.165) is 19.0 Å². The van der Waals surface area contributed by atoms with Gasteiger partial charge in [-0.05, 0) is 18.9 Å². The molecule has 2 heterocycles. The fourth-order valence-electron chi connectivity index (χ4n) is 2.17. The summed E-state index contributed by atoms with van der Waals surface area (Å²) >= 11 is 0. The van der Waals surface area contributed by atoms with Crippen LogP contribution in [0.2, 0.25) is 0 Å². The van der Waals surface area contributed by atoms with Crippen molar-refractivity contribution in [1.82, 2.24) is 15.3 Å². The van der Waals surface area contributed by atoms with Gasteiger partial charge >= 0.3 is 0 Å². The van der Waals surface area contributed by atoms with Crippen molar-refractivity contribution in [2.75, 3.05) is 18.0 Å². The normalized spacial score (nSPS) is 18.1. The summed E-state index contributed by atoms with van der Waals surface area (Å²) in [6.07, 6.45) is 5.97. The van der Waals surface area contributed by atoms with Crippen LogP contribution >= 0.6 is 0 Å². The van der Waals surface area contributed by atoms with Gasteiger partial charge in [-0.25, -0.2) is 9.97 Å². The highest BCUT2D eigenvalue weighted by molar-refractivity contribution is 5.29. The Morgan fingerprint density at radius 1 is 1.25 bits per heavy atom. The van der Waals surface area contributed by atoms with E-state index < -0.39 is 0 Å². The molecule has 1 N–H and O–H groups in total. The topological polar surface area (TPSA) is 41.0 Å². The van der Waals surface area contributed by atoms with E-state index >= 15 is 0 Å². The van der Waals surface area contributed by atoms with E-state index in [0.29, 0.717) is 12.1 Å². The van der Waals surface area contributed by atoms with Gasteiger partial charge in [-0.1, -0.05) is 13.8 Å². The summed E-state index contributed by atoms with van der Waals surface area (Å²) < 4.78 is 0. The Balaban J connectivity index is 1.86. The van der Waals surface area contributed by atoms with Crippen molar-refractivity contribution in [3.63, 3.8) is 0 Å². The zero-order valence-corrected chi connectivity index (χ0v) is 10.1. The molecule has 0 aliphatic carbocycles. The van der Waals surface area contributed by atoms with Crippen LogP contribution in [0.25, 0.3) is 0 Å². The first-order chi connectivity index (χ1) is 7.75. The first-order valence-corrected chi connectivity index (χ1v) is 6.03. The molecular weight excluding hydrogens is 200 g/mol. The SMILES string of the molecule is CC(C)NC1CCN(c2ncccn2)CC1. The Kier molecular flexibility index (Phi) is 3.72. The zero-order valence-electron chi connectivity index (χ0n) is 10.1. The smallest absolute Gasteiger partial charge is 0.225 e. The van der Waals surface area contributed by atoms with Crippen molar-refractivity contribution in [3.8, 4) is 0 Å². The predicted molar refractivity (Wildman–Crippen MR) is 65.5 cm³/mol. The van der Waals surface area contributed by atoms with Gasteiger partial charge in [0, 0.05) is 37.6 Å². The van der Waals surface area contributed by atoms with Gasteiger partial charge in [-0.3, -0.25) is 0 Å². The van der Waals surface area contributed by atoms with Crippen LogP contribution in [0.4, 0.5) is 5.95 Å². The van der Waals surface area contributed by atoms with Gasteiger partial charge in [0.1, 0.15) is 0 Å². The Morgan fingerprint density at radius 3 is 2.44 bits per heavy atom. The van der Waals surface area contributed by atoms with Gasteiger partial charge in [-0.2, -0.15) is 0 Å². The third kappa shape index (κ3) is 2.92. The van der Waals surface area contributed by atoms with Gasteiger partial charge in [0.2, 0.25) is 5.95 Å². The molecule has 1 aliphatic rings. The average Bonchev–Trinajstić information content (AvgIpc) is 2.30. The Labute approximate surface area is 97.1 Å². The fourth-order valence-corrected chi connectivity index (χ4v) is 2.17. The highest BCUT2D eigenvalue weighted by Gasteiger charge is 2.20. The number of piperidine rings is 1. The summed E-state index contributed by atoms with van der Waals surface area (Å²) in [5.41, 5.74) is 0. The molecule has 4 nitrogen and oxygen atoms in total. The lowest BCUT2D eigenvalue weighted by Crippen LogP contribution is -2.45. The molecule has 1 aliphatic heterocycles. The van der Waals surface area contributed by atoms with Crippen molar-refractivity contribution >= 4 is 5.95 Å². The Bertz CT molecular complexity index is 304. The van der Waals surface area contributed by atoms with Gasteiger partial charge in [0.15, 0.2) is 0 Å². The second-order valence-corrected chi connectivity index (χ2v) is 4.63. The molecule has 0 saturated carbocycles. The molecule has 88 valence electrons. The minimum Gasteiger partial charge on any atom is -0.341 e. The molecule has 0 radical (unpaired) electrons. The number of nitrogens with zero attached hydrogens (tertiary/aromatic N) is 3. The van der Waals surface area contributed by atoms with Crippen LogP contribution in [0.15, 0.2) is 18.5 Å². The minimum absolute atomic E-state index is 0.574. The molecule has 0 aromatic carbocycles. The average molecular weight is 220 g/mol.